The molecular formula is C12H23N3O3. The molecule has 3 amide bonds. The zero-order chi connectivity index (χ0) is 14.1. The van der Waals surface area contributed by atoms with Crippen molar-refractivity contribution in [1.82, 2.24) is 10.6 Å². The van der Waals surface area contributed by atoms with Crippen LogP contribution < -0.4 is 16.4 Å². The molecule has 0 radical (unpaired) electrons. The molecule has 2 atom stereocenters. The summed E-state index contributed by atoms with van der Waals surface area (Å²) in [6.07, 6.45) is 1.79. The second-order valence-electron chi connectivity index (χ2n) is 4.72. The first-order valence-electron chi connectivity index (χ1n) is 6.17. The number of carbonyl (C=O) groups is 3. The molecular weight excluding hydrogens is 234 g/mol. The molecule has 0 rings (SSSR count). The maximum atomic E-state index is 11.7. The van der Waals surface area contributed by atoms with Crippen molar-refractivity contribution in [3.63, 3.8) is 0 Å². The van der Waals surface area contributed by atoms with Crippen LogP contribution in [-0.4, -0.2) is 30.8 Å². The third kappa shape index (κ3) is 6.88. The molecule has 0 heterocycles. The van der Waals surface area contributed by atoms with Crippen LogP contribution in [0, 0.1) is 11.8 Å². The molecule has 0 unspecified atom stereocenters. The summed E-state index contributed by atoms with van der Waals surface area (Å²) in [5.41, 5.74) is 4.91. The van der Waals surface area contributed by atoms with Gasteiger partial charge < -0.3 is 21.2 Å². The number of aldehydes is 1. The normalized spacial score (nSPS) is 13.8. The first-order valence-corrected chi connectivity index (χ1v) is 6.17. The van der Waals surface area contributed by atoms with E-state index in [0.717, 1.165) is 6.29 Å². The number of hydrogen-bond donors (Lipinski definition) is 3. The zero-order valence-corrected chi connectivity index (χ0v) is 11.2. The Morgan fingerprint density at radius 3 is 2.33 bits per heavy atom. The van der Waals surface area contributed by atoms with E-state index in [4.69, 9.17) is 5.73 Å². The predicted octanol–water partition coefficient (Wildman–Crippen LogP) is 0.411. The molecule has 4 N–H and O–H groups in total. The molecule has 0 saturated carbocycles. The molecule has 0 aromatic carbocycles. The lowest BCUT2D eigenvalue weighted by Crippen LogP contribution is -2.41. The summed E-state index contributed by atoms with van der Waals surface area (Å²) in [7, 11) is 0. The number of primary amides is 1. The molecule has 6 heteroatoms. The van der Waals surface area contributed by atoms with Crippen molar-refractivity contribution in [2.45, 2.75) is 39.7 Å². The van der Waals surface area contributed by atoms with Gasteiger partial charge in [-0.1, -0.05) is 20.8 Å². The highest BCUT2D eigenvalue weighted by Gasteiger charge is 2.19. The van der Waals surface area contributed by atoms with E-state index in [1.807, 2.05) is 20.8 Å². The van der Waals surface area contributed by atoms with Gasteiger partial charge in [-0.3, -0.25) is 4.79 Å². The minimum Gasteiger partial charge on any atom is -0.352 e. The van der Waals surface area contributed by atoms with Gasteiger partial charge in [-0.25, -0.2) is 4.79 Å². The number of carbonyl (C=O) groups excluding carboxylic acids is 3. The number of nitrogens with one attached hydrogen (secondary N) is 2. The quantitative estimate of drug-likeness (QED) is 0.433. The Bertz CT molecular complexity index is 292. The topological polar surface area (TPSA) is 101 Å². The summed E-state index contributed by atoms with van der Waals surface area (Å²) < 4.78 is 0. The first kappa shape index (κ1) is 16.4. The van der Waals surface area contributed by atoms with E-state index < -0.39 is 12.1 Å². The molecule has 0 aliphatic carbocycles. The van der Waals surface area contributed by atoms with E-state index in [9.17, 15) is 14.4 Å². The molecule has 0 bridgehead atoms. The third-order valence-corrected chi connectivity index (χ3v) is 2.90. The minimum absolute atomic E-state index is 0.120. The summed E-state index contributed by atoms with van der Waals surface area (Å²) in [5, 5.41) is 5.11. The fraction of sp³-hybridized carbons (Fsp3) is 0.750. The number of urea groups is 1. The Hall–Kier alpha value is -1.59. The smallest absolute Gasteiger partial charge is 0.312 e. The lowest BCUT2D eigenvalue weighted by molar-refractivity contribution is -0.128. The van der Waals surface area contributed by atoms with Crippen molar-refractivity contribution in [2.75, 3.05) is 6.54 Å². The summed E-state index contributed by atoms with van der Waals surface area (Å²) in [4.78, 5) is 33.0. The fourth-order valence-corrected chi connectivity index (χ4v) is 1.32. The van der Waals surface area contributed by atoms with Gasteiger partial charge in [0.05, 0.1) is 6.04 Å². The molecule has 0 spiro atoms. The summed E-state index contributed by atoms with van der Waals surface area (Å²) in [5.74, 6) is -0.0185. The first-order chi connectivity index (χ1) is 8.38. The van der Waals surface area contributed by atoms with Gasteiger partial charge in [-0.2, -0.15) is 0 Å². The fourth-order valence-electron chi connectivity index (χ4n) is 1.32. The van der Waals surface area contributed by atoms with Gasteiger partial charge >= 0.3 is 6.03 Å². The van der Waals surface area contributed by atoms with Crippen molar-refractivity contribution in [2.24, 2.45) is 17.6 Å². The maximum Gasteiger partial charge on any atom is 0.312 e. The van der Waals surface area contributed by atoms with Crippen molar-refractivity contribution in [3.05, 3.63) is 0 Å². The van der Waals surface area contributed by atoms with E-state index in [1.165, 1.54) is 0 Å². The third-order valence-electron chi connectivity index (χ3n) is 2.90. The van der Waals surface area contributed by atoms with E-state index in [2.05, 4.69) is 10.6 Å². The Morgan fingerprint density at radius 2 is 1.89 bits per heavy atom. The molecule has 0 saturated heterocycles. The van der Waals surface area contributed by atoms with Gasteiger partial charge in [0.2, 0.25) is 5.91 Å². The minimum atomic E-state index is -0.588. The second-order valence-corrected chi connectivity index (χ2v) is 4.72. The zero-order valence-electron chi connectivity index (χ0n) is 11.2. The number of hydrogen-bond acceptors (Lipinski definition) is 3. The van der Waals surface area contributed by atoms with Crippen LogP contribution in [0.3, 0.4) is 0 Å². The maximum absolute atomic E-state index is 11.7. The molecule has 0 aromatic heterocycles. The van der Waals surface area contributed by atoms with Crippen molar-refractivity contribution >= 4 is 18.2 Å². The Balaban J connectivity index is 4.00. The van der Waals surface area contributed by atoms with Crippen molar-refractivity contribution in [3.8, 4) is 0 Å². The van der Waals surface area contributed by atoms with Crippen LogP contribution in [0.15, 0.2) is 0 Å². The van der Waals surface area contributed by atoms with Gasteiger partial charge in [0.1, 0.15) is 6.29 Å². The highest BCUT2D eigenvalue weighted by molar-refractivity contribution is 5.81. The van der Waals surface area contributed by atoms with Gasteiger partial charge in [-0.15, -0.1) is 0 Å². The van der Waals surface area contributed by atoms with E-state index in [-0.39, 0.29) is 17.7 Å². The summed E-state index contributed by atoms with van der Waals surface area (Å²) >= 11 is 0. The van der Waals surface area contributed by atoms with Gasteiger partial charge in [-0.05, 0) is 18.8 Å². The standard InChI is InChI=1S/C12H23N3O3/c1-8(2)9(3)11(17)15-10(7-16)5-4-6-14-12(13)18/h7-10H,4-6H2,1-3H3,(H,15,17)(H3,13,14,18)/t9-,10-/m0/s1. The van der Waals surface area contributed by atoms with Crippen molar-refractivity contribution < 1.29 is 14.4 Å². The monoisotopic (exact) mass is 257 g/mol. The highest BCUT2D eigenvalue weighted by Crippen LogP contribution is 2.09. The average molecular weight is 257 g/mol. The van der Waals surface area contributed by atoms with Crippen LogP contribution in [0.25, 0.3) is 0 Å². The molecule has 0 aliphatic heterocycles. The van der Waals surface area contributed by atoms with Crippen LogP contribution >= 0.6 is 0 Å². The van der Waals surface area contributed by atoms with Crippen LogP contribution in [0.4, 0.5) is 4.79 Å². The molecule has 18 heavy (non-hydrogen) atoms. The van der Waals surface area contributed by atoms with Crippen molar-refractivity contribution in [1.29, 1.82) is 0 Å². The summed E-state index contributed by atoms with van der Waals surface area (Å²) in [6, 6.07) is -1.09. The number of amides is 3. The van der Waals surface area contributed by atoms with Gasteiger partial charge in [0.25, 0.3) is 0 Å². The average Bonchev–Trinajstić information content (AvgIpc) is 2.31. The second kappa shape index (κ2) is 8.49. The Kier molecular flexibility index (Phi) is 7.74. The Morgan fingerprint density at radius 1 is 1.28 bits per heavy atom. The molecule has 6 nitrogen and oxygen atoms in total. The predicted molar refractivity (Wildman–Crippen MR) is 68.8 cm³/mol. The lowest BCUT2D eigenvalue weighted by Gasteiger charge is -2.18. The van der Waals surface area contributed by atoms with E-state index >= 15 is 0 Å². The van der Waals surface area contributed by atoms with Crippen LogP contribution in [0.1, 0.15) is 33.6 Å². The molecule has 0 aliphatic rings. The van der Waals surface area contributed by atoms with E-state index in [0.29, 0.717) is 19.4 Å². The highest BCUT2D eigenvalue weighted by atomic mass is 16.2. The van der Waals surface area contributed by atoms with Crippen LogP contribution in [-0.2, 0) is 9.59 Å². The lowest BCUT2D eigenvalue weighted by atomic mass is 9.97. The molecule has 0 fully saturated rings. The SMILES string of the molecule is CC(C)[C@H](C)C(=O)N[C@H](C=O)CCCNC(N)=O. The molecule has 104 valence electrons. The summed E-state index contributed by atoms with van der Waals surface area (Å²) in [6.45, 7) is 6.14. The number of rotatable bonds is 8. The van der Waals surface area contributed by atoms with Gasteiger partial charge in [0, 0.05) is 12.5 Å². The number of nitrogens with two attached hydrogens (primary N) is 1. The molecule has 0 aromatic rings. The Labute approximate surface area is 108 Å². The van der Waals surface area contributed by atoms with E-state index in [1.54, 1.807) is 0 Å². The van der Waals surface area contributed by atoms with Crippen LogP contribution in [0.2, 0.25) is 0 Å². The van der Waals surface area contributed by atoms with Crippen LogP contribution in [0.5, 0.6) is 0 Å². The largest absolute Gasteiger partial charge is 0.352 e. The van der Waals surface area contributed by atoms with Gasteiger partial charge in [0.15, 0.2) is 0 Å².